The summed E-state index contributed by atoms with van der Waals surface area (Å²) in [6.07, 6.45) is 0. The Kier molecular flexibility index (Phi) is 8.94. The van der Waals surface area contributed by atoms with E-state index in [4.69, 9.17) is 4.74 Å². The number of likely N-dealkylation sites (N-methyl/N-ethyl adjacent to an activating group) is 1. The van der Waals surface area contributed by atoms with Gasteiger partial charge in [0.15, 0.2) is 0 Å². The van der Waals surface area contributed by atoms with Crippen molar-refractivity contribution in [2.75, 3.05) is 25.0 Å². The van der Waals surface area contributed by atoms with Gasteiger partial charge in [-0.3, -0.25) is 13.9 Å². The van der Waals surface area contributed by atoms with Gasteiger partial charge >= 0.3 is 0 Å². The summed E-state index contributed by atoms with van der Waals surface area (Å²) in [4.78, 5) is 27.8. The monoisotopic (exact) mass is 523 g/mol. The quantitative estimate of drug-likeness (QED) is 0.438. The summed E-state index contributed by atoms with van der Waals surface area (Å²) < 4.78 is 33.8. The van der Waals surface area contributed by atoms with Crippen molar-refractivity contribution in [1.29, 1.82) is 0 Å². The van der Waals surface area contributed by atoms with Crippen molar-refractivity contribution >= 4 is 27.5 Å². The van der Waals surface area contributed by atoms with Gasteiger partial charge in [-0.1, -0.05) is 42.0 Å². The fourth-order valence-electron chi connectivity index (χ4n) is 3.88. The molecule has 0 bridgehead atoms. The number of carbonyl (C=O) groups excluding carboxylic acids is 2. The number of benzene rings is 3. The summed E-state index contributed by atoms with van der Waals surface area (Å²) in [5, 5.41) is 2.58. The summed E-state index contributed by atoms with van der Waals surface area (Å²) in [5.41, 5.74) is 3.04. The van der Waals surface area contributed by atoms with Gasteiger partial charge in [-0.2, -0.15) is 0 Å². The third kappa shape index (κ3) is 6.48. The highest BCUT2D eigenvalue weighted by molar-refractivity contribution is 7.92. The van der Waals surface area contributed by atoms with Crippen molar-refractivity contribution in [2.24, 2.45) is 0 Å². The van der Waals surface area contributed by atoms with E-state index in [-0.39, 0.29) is 17.3 Å². The lowest BCUT2D eigenvalue weighted by Crippen LogP contribution is -2.50. The lowest BCUT2D eigenvalue weighted by atomic mass is 10.1. The Hall–Kier alpha value is -3.85. The van der Waals surface area contributed by atoms with Gasteiger partial charge in [-0.25, -0.2) is 8.42 Å². The molecule has 0 unspecified atom stereocenters. The second-order valence-electron chi connectivity index (χ2n) is 8.76. The molecule has 0 spiro atoms. The summed E-state index contributed by atoms with van der Waals surface area (Å²) in [6.45, 7) is 5.08. The van der Waals surface area contributed by atoms with Crippen molar-refractivity contribution in [2.45, 2.75) is 38.3 Å². The van der Waals surface area contributed by atoms with Crippen molar-refractivity contribution in [1.82, 2.24) is 10.2 Å². The maximum atomic E-state index is 13.8. The predicted molar refractivity (Wildman–Crippen MR) is 144 cm³/mol. The molecule has 0 saturated carbocycles. The molecule has 8 nitrogen and oxygen atoms in total. The fraction of sp³-hybridized carbons (Fsp3) is 0.286. The Morgan fingerprint density at radius 3 is 2.14 bits per heavy atom. The smallest absolute Gasteiger partial charge is 0.264 e. The normalized spacial score (nSPS) is 11.9. The van der Waals surface area contributed by atoms with E-state index in [1.807, 2.05) is 38.1 Å². The van der Waals surface area contributed by atoms with Crippen LogP contribution < -0.4 is 14.4 Å². The van der Waals surface area contributed by atoms with Gasteiger partial charge in [-0.05, 0) is 68.3 Å². The molecule has 3 aromatic carbocycles. The molecule has 2 amide bonds. The van der Waals surface area contributed by atoms with Crippen molar-refractivity contribution in [3.8, 4) is 5.75 Å². The van der Waals surface area contributed by atoms with Gasteiger partial charge in [0.05, 0.1) is 17.7 Å². The third-order valence-corrected chi connectivity index (χ3v) is 8.05. The molecule has 1 atom stereocenters. The zero-order valence-corrected chi connectivity index (χ0v) is 22.6. The molecule has 0 aliphatic rings. The summed E-state index contributed by atoms with van der Waals surface area (Å²) >= 11 is 0. The highest BCUT2D eigenvalue weighted by Gasteiger charge is 2.32. The van der Waals surface area contributed by atoms with E-state index < -0.39 is 28.5 Å². The van der Waals surface area contributed by atoms with Crippen LogP contribution in [0.4, 0.5) is 5.69 Å². The molecule has 3 rings (SSSR count). The minimum Gasteiger partial charge on any atom is -0.497 e. The highest BCUT2D eigenvalue weighted by atomic mass is 32.2. The first-order valence-electron chi connectivity index (χ1n) is 11.9. The van der Waals surface area contributed by atoms with E-state index in [2.05, 4.69) is 5.32 Å². The highest BCUT2D eigenvalue weighted by Crippen LogP contribution is 2.27. The molecule has 3 aromatic rings. The van der Waals surface area contributed by atoms with Crippen LogP contribution in [0.3, 0.4) is 0 Å². The zero-order valence-electron chi connectivity index (χ0n) is 21.8. The predicted octanol–water partition coefficient (Wildman–Crippen LogP) is 3.67. The number of nitrogens with zero attached hydrogens (tertiary/aromatic N) is 2. The number of hydrogen-bond donors (Lipinski definition) is 1. The molecule has 0 fully saturated rings. The molecule has 196 valence electrons. The molecule has 0 aliphatic heterocycles. The topological polar surface area (TPSA) is 96.0 Å². The van der Waals surface area contributed by atoms with Crippen LogP contribution in [0.5, 0.6) is 5.75 Å². The maximum absolute atomic E-state index is 13.8. The number of rotatable bonds is 10. The SMILES string of the molecule is CNC(=O)[C@@H](C)N(Cc1ccccc1C)C(=O)CN(c1ccc(OC)cc1)S(=O)(=O)c1ccc(C)cc1. The lowest BCUT2D eigenvalue weighted by Gasteiger charge is -2.32. The van der Waals surface area contributed by atoms with Gasteiger partial charge in [0.1, 0.15) is 18.3 Å². The van der Waals surface area contributed by atoms with Crippen molar-refractivity contribution in [3.63, 3.8) is 0 Å². The van der Waals surface area contributed by atoms with Crippen LogP contribution >= 0.6 is 0 Å². The van der Waals surface area contributed by atoms with Crippen molar-refractivity contribution in [3.05, 3.63) is 89.5 Å². The molecule has 9 heteroatoms. The van der Waals surface area contributed by atoms with Gasteiger partial charge < -0.3 is 15.0 Å². The second-order valence-corrected chi connectivity index (χ2v) is 10.6. The maximum Gasteiger partial charge on any atom is 0.264 e. The van der Waals surface area contributed by atoms with Crippen LogP contribution in [-0.4, -0.2) is 51.9 Å². The van der Waals surface area contributed by atoms with Crippen LogP contribution in [-0.2, 0) is 26.2 Å². The first kappa shape index (κ1) is 27.7. The number of sulfonamides is 1. The number of hydrogen-bond acceptors (Lipinski definition) is 5. The second kappa shape index (κ2) is 11.9. The zero-order chi connectivity index (χ0) is 27.2. The fourth-order valence-corrected chi connectivity index (χ4v) is 5.29. The number of amides is 2. The standard InChI is InChI=1S/C28H33N3O5S/c1-20-10-16-26(17-11-20)37(34,35)31(24-12-14-25(36-5)15-13-24)19-27(32)30(22(3)28(33)29-4)18-23-9-7-6-8-21(23)2/h6-17,22H,18-19H2,1-5H3,(H,29,33)/t22-/m1/s1. The van der Waals surface area contributed by atoms with Crippen LogP contribution in [0.2, 0.25) is 0 Å². The molecule has 0 heterocycles. The van der Waals surface area contributed by atoms with Crippen LogP contribution in [0.15, 0.2) is 77.7 Å². The first-order chi connectivity index (χ1) is 17.6. The Morgan fingerprint density at radius 1 is 0.946 bits per heavy atom. The van der Waals surface area contributed by atoms with Gasteiger partial charge in [0, 0.05) is 13.6 Å². The number of methoxy groups -OCH3 is 1. The largest absolute Gasteiger partial charge is 0.497 e. The summed E-state index contributed by atoms with van der Waals surface area (Å²) in [7, 11) is -1.09. The molecular weight excluding hydrogens is 490 g/mol. The number of anilines is 1. The van der Waals surface area contributed by atoms with Gasteiger partial charge in [0.25, 0.3) is 10.0 Å². The molecule has 37 heavy (non-hydrogen) atoms. The minimum absolute atomic E-state index is 0.0616. The Balaban J connectivity index is 2.04. The number of aryl methyl sites for hydroxylation is 2. The van der Waals surface area contributed by atoms with E-state index in [0.717, 1.165) is 21.0 Å². The Morgan fingerprint density at radius 2 is 1.57 bits per heavy atom. The number of carbonyl (C=O) groups is 2. The van der Waals surface area contributed by atoms with E-state index in [1.54, 1.807) is 43.3 Å². The molecule has 0 radical (unpaired) electrons. The average molecular weight is 524 g/mol. The summed E-state index contributed by atoms with van der Waals surface area (Å²) in [5.74, 6) is -0.303. The Bertz CT molecular complexity index is 1340. The molecule has 0 aliphatic carbocycles. The minimum atomic E-state index is -4.11. The van der Waals surface area contributed by atoms with E-state index in [9.17, 15) is 18.0 Å². The third-order valence-electron chi connectivity index (χ3n) is 6.26. The molecule has 1 N–H and O–H groups in total. The molecule has 0 saturated heterocycles. The van der Waals surface area contributed by atoms with Gasteiger partial charge in [0.2, 0.25) is 11.8 Å². The van der Waals surface area contributed by atoms with E-state index in [0.29, 0.717) is 11.4 Å². The van der Waals surface area contributed by atoms with Gasteiger partial charge in [-0.15, -0.1) is 0 Å². The first-order valence-corrected chi connectivity index (χ1v) is 13.3. The number of ether oxygens (including phenoxy) is 1. The lowest BCUT2D eigenvalue weighted by molar-refractivity contribution is -0.139. The van der Waals surface area contributed by atoms with Crippen LogP contribution in [0.1, 0.15) is 23.6 Å². The average Bonchev–Trinajstić information content (AvgIpc) is 2.90. The van der Waals surface area contributed by atoms with E-state index >= 15 is 0 Å². The van der Waals surface area contributed by atoms with Crippen LogP contribution in [0, 0.1) is 13.8 Å². The van der Waals surface area contributed by atoms with E-state index in [1.165, 1.54) is 31.2 Å². The number of nitrogens with one attached hydrogen (secondary N) is 1. The molecular formula is C28H33N3O5S. The Labute approximate surface area is 218 Å². The van der Waals surface area contributed by atoms with Crippen LogP contribution in [0.25, 0.3) is 0 Å². The molecule has 0 aromatic heterocycles. The summed E-state index contributed by atoms with van der Waals surface area (Å²) in [6, 6.07) is 19.6. The van der Waals surface area contributed by atoms with Crippen molar-refractivity contribution < 1.29 is 22.7 Å².